The van der Waals surface area contributed by atoms with Crippen molar-refractivity contribution in [3.8, 4) is 6.07 Å². The normalized spacial score (nSPS) is 10.4. The van der Waals surface area contributed by atoms with Crippen LogP contribution in [0.3, 0.4) is 0 Å². The van der Waals surface area contributed by atoms with E-state index in [1.807, 2.05) is 4.57 Å². The van der Waals surface area contributed by atoms with Crippen molar-refractivity contribution in [2.75, 3.05) is 0 Å². The van der Waals surface area contributed by atoms with Crippen molar-refractivity contribution in [2.45, 2.75) is 30.5 Å². The number of nitrogens with zero attached hydrogens (tertiary/aromatic N) is 4. The lowest BCUT2D eigenvalue weighted by atomic mass is 10.2. The molecule has 0 aliphatic heterocycles. The molecule has 22 heavy (non-hydrogen) atoms. The molecule has 0 fully saturated rings. The Labute approximate surface area is 131 Å². The highest BCUT2D eigenvalue weighted by Gasteiger charge is 2.10. The van der Waals surface area contributed by atoms with Crippen LogP contribution in [0.5, 0.6) is 0 Å². The van der Waals surface area contributed by atoms with Crippen LogP contribution in [0.25, 0.3) is 0 Å². The van der Waals surface area contributed by atoms with Crippen molar-refractivity contribution in [1.29, 1.82) is 5.26 Å². The molecule has 7 nitrogen and oxygen atoms in total. The van der Waals surface area contributed by atoms with E-state index in [4.69, 9.17) is 5.26 Å². The second-order valence-electron chi connectivity index (χ2n) is 4.46. The molecule has 0 aliphatic carbocycles. The molecule has 2 rings (SSSR count). The molecule has 114 valence electrons. The molecule has 0 aliphatic rings. The van der Waals surface area contributed by atoms with Gasteiger partial charge in [-0.05, 0) is 5.56 Å². The van der Waals surface area contributed by atoms with Crippen LogP contribution >= 0.6 is 11.8 Å². The van der Waals surface area contributed by atoms with E-state index in [9.17, 15) is 15.2 Å². The smallest absolute Gasteiger partial charge is 0.269 e. The van der Waals surface area contributed by atoms with E-state index in [-0.39, 0.29) is 12.3 Å². The Morgan fingerprint density at radius 3 is 2.73 bits per heavy atom. The highest BCUT2D eigenvalue weighted by Crippen LogP contribution is 2.24. The Morgan fingerprint density at radius 2 is 2.14 bits per heavy atom. The summed E-state index contributed by atoms with van der Waals surface area (Å²) in [7, 11) is 0. The second-order valence-corrected chi connectivity index (χ2v) is 5.40. The molecule has 1 aromatic heterocycles. The zero-order valence-electron chi connectivity index (χ0n) is 11.7. The third-order valence-electron chi connectivity index (χ3n) is 3.03. The maximum absolute atomic E-state index is 10.6. The monoisotopic (exact) mass is 318 g/mol. The van der Waals surface area contributed by atoms with E-state index in [0.717, 1.165) is 10.7 Å². The van der Waals surface area contributed by atoms with Gasteiger partial charge < -0.3 is 9.67 Å². The van der Waals surface area contributed by atoms with Crippen LogP contribution in [0.2, 0.25) is 0 Å². The Bertz CT molecular complexity index is 691. The maximum Gasteiger partial charge on any atom is 0.269 e. The summed E-state index contributed by atoms with van der Waals surface area (Å²) in [6.45, 7) is 0.353. The molecule has 1 aromatic carbocycles. The molecule has 0 bridgehead atoms. The van der Waals surface area contributed by atoms with E-state index in [0.29, 0.717) is 24.4 Å². The molecule has 0 unspecified atom stereocenters. The summed E-state index contributed by atoms with van der Waals surface area (Å²) in [6.07, 6.45) is 1.93. The first kappa shape index (κ1) is 16.0. The topological polar surface area (TPSA) is 105 Å². The molecular weight excluding hydrogens is 304 g/mol. The van der Waals surface area contributed by atoms with E-state index in [2.05, 4.69) is 11.1 Å². The highest BCUT2D eigenvalue weighted by molar-refractivity contribution is 7.98. The minimum atomic E-state index is -0.432. The van der Waals surface area contributed by atoms with Gasteiger partial charge in [0.2, 0.25) is 0 Å². The van der Waals surface area contributed by atoms with E-state index >= 15 is 0 Å². The first-order valence-corrected chi connectivity index (χ1v) is 7.52. The lowest BCUT2D eigenvalue weighted by molar-refractivity contribution is -0.384. The quantitative estimate of drug-likeness (QED) is 0.477. The van der Waals surface area contributed by atoms with Crippen molar-refractivity contribution in [1.82, 2.24) is 9.55 Å². The van der Waals surface area contributed by atoms with Crippen LogP contribution in [0.15, 0.2) is 35.6 Å². The van der Waals surface area contributed by atoms with Gasteiger partial charge in [-0.2, -0.15) is 5.26 Å². The number of aliphatic hydroxyl groups excluding tert-OH is 1. The number of aromatic nitrogens is 2. The van der Waals surface area contributed by atoms with Gasteiger partial charge in [0.05, 0.1) is 35.9 Å². The summed E-state index contributed by atoms with van der Waals surface area (Å²) in [5.41, 5.74) is 1.67. The van der Waals surface area contributed by atoms with Crippen LogP contribution in [-0.4, -0.2) is 19.6 Å². The van der Waals surface area contributed by atoms with Gasteiger partial charge >= 0.3 is 0 Å². The molecule has 0 saturated heterocycles. The second kappa shape index (κ2) is 7.59. The number of thioether (sulfide) groups is 1. The van der Waals surface area contributed by atoms with Gasteiger partial charge in [-0.25, -0.2) is 4.98 Å². The number of aliphatic hydroxyl groups is 1. The third kappa shape index (κ3) is 3.84. The van der Waals surface area contributed by atoms with Gasteiger partial charge in [-0.15, -0.1) is 0 Å². The number of rotatable bonds is 7. The summed E-state index contributed by atoms with van der Waals surface area (Å²) >= 11 is 1.46. The standard InChI is InChI=1S/C14H14N4O3S/c15-6-1-7-17-13(9-19)8-16-14(17)22-10-11-2-4-12(5-3-11)18(20)21/h2-5,8,19H,1,7,9-10H2. The fraction of sp³-hybridized carbons (Fsp3) is 0.286. The minimum Gasteiger partial charge on any atom is -0.390 e. The number of hydrogen-bond acceptors (Lipinski definition) is 6. The Morgan fingerprint density at radius 1 is 1.41 bits per heavy atom. The van der Waals surface area contributed by atoms with Crippen molar-refractivity contribution < 1.29 is 10.0 Å². The SMILES string of the molecule is N#CCCn1c(CO)cnc1SCc1ccc([N+](=O)[O-])cc1. The molecule has 0 atom stereocenters. The van der Waals surface area contributed by atoms with Crippen LogP contribution < -0.4 is 0 Å². The van der Waals surface area contributed by atoms with Gasteiger partial charge in [-0.1, -0.05) is 23.9 Å². The first-order chi connectivity index (χ1) is 10.7. The van der Waals surface area contributed by atoms with Crippen molar-refractivity contribution in [3.63, 3.8) is 0 Å². The predicted molar refractivity (Wildman–Crippen MR) is 81.0 cm³/mol. The van der Waals surface area contributed by atoms with Gasteiger partial charge in [-0.3, -0.25) is 10.1 Å². The van der Waals surface area contributed by atoms with E-state index < -0.39 is 4.92 Å². The van der Waals surface area contributed by atoms with Crippen LogP contribution in [0.1, 0.15) is 17.7 Å². The molecule has 1 N–H and O–H groups in total. The Kier molecular flexibility index (Phi) is 5.52. The highest BCUT2D eigenvalue weighted by atomic mass is 32.2. The number of nitro benzene ring substituents is 1. The molecular formula is C14H14N4O3S. The fourth-order valence-corrected chi connectivity index (χ4v) is 2.88. The number of nitriles is 1. The Hall–Kier alpha value is -2.37. The zero-order chi connectivity index (χ0) is 15.9. The molecule has 0 spiro atoms. The molecule has 0 radical (unpaired) electrons. The molecule has 2 aromatic rings. The molecule has 8 heteroatoms. The number of non-ortho nitro benzene ring substituents is 1. The van der Waals surface area contributed by atoms with Crippen molar-refractivity contribution in [3.05, 3.63) is 51.8 Å². The zero-order valence-corrected chi connectivity index (χ0v) is 12.5. The van der Waals surface area contributed by atoms with Crippen LogP contribution in [0.4, 0.5) is 5.69 Å². The minimum absolute atomic E-state index is 0.0619. The Balaban J connectivity index is 2.06. The van der Waals surface area contributed by atoms with Gasteiger partial charge in [0, 0.05) is 24.4 Å². The van der Waals surface area contributed by atoms with Crippen molar-refractivity contribution in [2.24, 2.45) is 0 Å². The van der Waals surface area contributed by atoms with Crippen molar-refractivity contribution >= 4 is 17.4 Å². The molecule has 0 saturated carbocycles. The predicted octanol–water partition coefficient (Wildman–Crippen LogP) is 2.49. The summed E-state index contributed by atoms with van der Waals surface area (Å²) in [5.74, 6) is 0.604. The number of benzene rings is 1. The fourth-order valence-electron chi connectivity index (χ4n) is 1.90. The summed E-state index contributed by atoms with van der Waals surface area (Å²) in [4.78, 5) is 14.4. The average Bonchev–Trinajstić information content (AvgIpc) is 2.93. The van der Waals surface area contributed by atoms with Crippen LogP contribution in [-0.2, 0) is 18.9 Å². The number of imidazole rings is 1. The van der Waals surface area contributed by atoms with Gasteiger partial charge in [0.1, 0.15) is 0 Å². The number of hydrogen-bond donors (Lipinski definition) is 1. The van der Waals surface area contributed by atoms with Crippen LogP contribution in [0, 0.1) is 21.4 Å². The lowest BCUT2D eigenvalue weighted by Gasteiger charge is -2.08. The third-order valence-corrected chi connectivity index (χ3v) is 4.09. The maximum atomic E-state index is 10.6. The molecule has 1 heterocycles. The van der Waals surface area contributed by atoms with E-state index in [1.165, 1.54) is 23.9 Å². The lowest BCUT2D eigenvalue weighted by Crippen LogP contribution is -2.04. The summed E-state index contributed by atoms with van der Waals surface area (Å²) in [6, 6.07) is 8.43. The summed E-state index contributed by atoms with van der Waals surface area (Å²) < 4.78 is 1.82. The van der Waals surface area contributed by atoms with Gasteiger partial charge in [0.25, 0.3) is 5.69 Å². The average molecular weight is 318 g/mol. The van der Waals surface area contributed by atoms with Gasteiger partial charge in [0.15, 0.2) is 5.16 Å². The molecule has 0 amide bonds. The number of nitro groups is 1. The summed E-state index contributed by atoms with van der Waals surface area (Å²) in [5, 5.41) is 29.3. The van der Waals surface area contributed by atoms with E-state index in [1.54, 1.807) is 18.3 Å². The first-order valence-electron chi connectivity index (χ1n) is 6.54. The largest absolute Gasteiger partial charge is 0.390 e.